The second-order valence-electron chi connectivity index (χ2n) is 9.04. The molecule has 2 bridgehead atoms. The minimum absolute atomic E-state index is 0.00909. The van der Waals surface area contributed by atoms with Crippen molar-refractivity contribution in [3.63, 3.8) is 0 Å². The van der Waals surface area contributed by atoms with Crippen LogP contribution in [0.25, 0.3) is 12.3 Å². The molecule has 1 N–H and O–H groups in total. The fourth-order valence-corrected chi connectivity index (χ4v) is 6.15. The maximum absolute atomic E-state index is 13.0. The number of piperidine rings is 3. The molecule has 5 nitrogen and oxygen atoms in total. The molecule has 5 aliphatic heterocycles. The Morgan fingerprint density at radius 2 is 2.07 bits per heavy atom. The third-order valence-electron chi connectivity index (χ3n) is 6.91. The van der Waals surface area contributed by atoms with Crippen LogP contribution in [0.15, 0.2) is 6.07 Å². The van der Waals surface area contributed by atoms with Gasteiger partial charge < -0.3 is 5.32 Å². The van der Waals surface area contributed by atoms with Crippen LogP contribution in [0.3, 0.4) is 0 Å². The van der Waals surface area contributed by atoms with E-state index in [1.807, 2.05) is 11.1 Å². The Morgan fingerprint density at radius 1 is 1.28 bits per heavy atom. The lowest BCUT2D eigenvalue weighted by atomic mass is 9.80. The van der Waals surface area contributed by atoms with Crippen LogP contribution in [0.4, 0.5) is 4.79 Å². The van der Waals surface area contributed by atoms with Crippen molar-refractivity contribution in [2.75, 3.05) is 39.3 Å². The largest absolute Gasteiger partial charge is 0.323 e. The highest BCUT2D eigenvalue weighted by Gasteiger charge is 2.43. The van der Waals surface area contributed by atoms with Gasteiger partial charge in [-0.1, -0.05) is 11.8 Å². The van der Waals surface area contributed by atoms with Gasteiger partial charge in [0, 0.05) is 35.6 Å². The highest BCUT2D eigenvalue weighted by molar-refractivity contribution is 7.10. The summed E-state index contributed by atoms with van der Waals surface area (Å²) in [6.45, 7) is 8.24. The smallest absolute Gasteiger partial charge is 0.320 e. The van der Waals surface area contributed by atoms with Gasteiger partial charge in [0.1, 0.15) is 0 Å². The molecule has 6 heterocycles. The fraction of sp³-hybridized carbons (Fsp3) is 0.609. The minimum Gasteiger partial charge on any atom is -0.320 e. The molecule has 0 aromatic carbocycles. The molecule has 6 rings (SSSR count). The number of rotatable bonds is 2. The van der Waals surface area contributed by atoms with Gasteiger partial charge in [-0.25, -0.2) is 4.79 Å². The first-order valence-corrected chi connectivity index (χ1v) is 11.8. The lowest BCUT2D eigenvalue weighted by molar-refractivity contribution is -0.0328. The first-order valence-electron chi connectivity index (χ1n) is 11.0. The van der Waals surface area contributed by atoms with Crippen LogP contribution in [-0.4, -0.2) is 65.7 Å². The van der Waals surface area contributed by atoms with E-state index in [0.717, 1.165) is 42.1 Å². The average molecular weight is 411 g/mol. The standard InChI is InChI=1S/C23H30N4OS/c1-23(16-18-6-13-27(23)14-7-18)24-22(28)26-12-8-21-19(17-26)15-20(29-21)5-4-11-25-9-2-3-10-25/h8,15,17-18H,2-3,6-7,9-14,16H2,1H3,(H,24,28)/t23-/m0/s1. The molecule has 1 aromatic heterocycles. The summed E-state index contributed by atoms with van der Waals surface area (Å²) in [5.74, 6) is 7.40. The second kappa shape index (κ2) is 7.79. The van der Waals surface area contributed by atoms with Crippen LogP contribution >= 0.6 is 11.3 Å². The van der Waals surface area contributed by atoms with Gasteiger partial charge in [-0.2, -0.15) is 0 Å². The van der Waals surface area contributed by atoms with Crippen LogP contribution < -0.4 is 15.1 Å². The van der Waals surface area contributed by atoms with Crippen molar-refractivity contribution >= 4 is 29.6 Å². The average Bonchev–Trinajstić information content (AvgIpc) is 3.37. The monoisotopic (exact) mass is 410 g/mol. The van der Waals surface area contributed by atoms with Crippen molar-refractivity contribution in [1.82, 2.24) is 20.0 Å². The molecule has 0 saturated carbocycles. The van der Waals surface area contributed by atoms with E-state index in [2.05, 4.69) is 46.0 Å². The number of nitrogens with one attached hydrogen (secondary N) is 1. The van der Waals surface area contributed by atoms with Crippen molar-refractivity contribution in [1.29, 1.82) is 0 Å². The zero-order chi connectivity index (χ0) is 19.8. The number of thiophene rings is 1. The zero-order valence-corrected chi connectivity index (χ0v) is 18.1. The summed E-state index contributed by atoms with van der Waals surface area (Å²) in [5.41, 5.74) is -0.201. The van der Waals surface area contributed by atoms with E-state index in [9.17, 15) is 4.79 Å². The Kier molecular flexibility index (Phi) is 5.15. The molecule has 1 aromatic rings. The summed E-state index contributed by atoms with van der Waals surface area (Å²) < 4.78 is 1.23. The number of hydrogen-bond donors (Lipinski definition) is 1. The number of urea groups is 1. The summed E-state index contributed by atoms with van der Waals surface area (Å²) in [5, 5.41) is 4.44. The van der Waals surface area contributed by atoms with Gasteiger partial charge in [0.05, 0.1) is 17.1 Å². The molecular formula is C23H30N4OS. The van der Waals surface area contributed by atoms with Crippen molar-refractivity contribution in [3.05, 3.63) is 20.7 Å². The van der Waals surface area contributed by atoms with Gasteiger partial charge in [-0.3, -0.25) is 14.7 Å². The fourth-order valence-electron chi connectivity index (χ4n) is 5.22. The molecule has 5 aliphatic rings. The van der Waals surface area contributed by atoms with E-state index < -0.39 is 0 Å². The summed E-state index contributed by atoms with van der Waals surface area (Å²) in [6, 6.07) is 2.13. The summed E-state index contributed by atoms with van der Waals surface area (Å²) >= 11 is 1.73. The quantitative estimate of drug-likeness (QED) is 0.753. The number of amides is 2. The predicted octanol–water partition coefficient (Wildman–Crippen LogP) is 1.57. The molecule has 154 valence electrons. The maximum atomic E-state index is 13.0. The van der Waals surface area contributed by atoms with Gasteiger partial charge in [-0.05, 0) is 70.2 Å². The molecule has 4 saturated heterocycles. The van der Waals surface area contributed by atoms with Crippen molar-refractivity contribution in [2.24, 2.45) is 5.92 Å². The summed E-state index contributed by atoms with van der Waals surface area (Å²) in [6.07, 6.45) is 10.4. The van der Waals surface area contributed by atoms with Gasteiger partial charge >= 0.3 is 6.03 Å². The van der Waals surface area contributed by atoms with Crippen LogP contribution in [-0.2, 0) is 0 Å². The molecule has 0 unspecified atom stereocenters. The number of likely N-dealkylation sites (tertiary alicyclic amines) is 1. The zero-order valence-electron chi connectivity index (χ0n) is 17.2. The molecule has 0 spiro atoms. The number of hydrogen-bond acceptors (Lipinski definition) is 4. The third kappa shape index (κ3) is 3.96. The van der Waals surface area contributed by atoms with Crippen LogP contribution in [0.1, 0.15) is 43.9 Å². The first kappa shape index (κ1) is 19.2. The van der Waals surface area contributed by atoms with Gasteiger partial charge in [0.25, 0.3) is 0 Å². The number of nitrogens with zero attached hydrogens (tertiary/aromatic N) is 3. The minimum atomic E-state index is -0.201. The molecule has 2 amide bonds. The van der Waals surface area contributed by atoms with E-state index in [0.29, 0.717) is 6.54 Å². The predicted molar refractivity (Wildman–Crippen MR) is 118 cm³/mol. The van der Waals surface area contributed by atoms with Gasteiger partial charge in [-0.15, -0.1) is 11.3 Å². The van der Waals surface area contributed by atoms with Crippen LogP contribution in [0.5, 0.6) is 0 Å². The Hall–Kier alpha value is -1.81. The summed E-state index contributed by atoms with van der Waals surface area (Å²) in [7, 11) is 0. The Balaban J connectivity index is 1.26. The third-order valence-corrected chi connectivity index (χ3v) is 7.97. The lowest BCUT2D eigenvalue weighted by Crippen LogP contribution is -2.66. The Bertz CT molecular complexity index is 959. The second-order valence-corrected chi connectivity index (χ2v) is 10.1. The highest BCUT2D eigenvalue weighted by atomic mass is 32.1. The Morgan fingerprint density at radius 3 is 2.79 bits per heavy atom. The number of carbonyl (C=O) groups excluding carboxylic acids is 1. The highest BCUT2D eigenvalue weighted by Crippen LogP contribution is 2.37. The number of carbonyl (C=O) groups is 1. The van der Waals surface area contributed by atoms with Crippen LogP contribution in [0.2, 0.25) is 0 Å². The van der Waals surface area contributed by atoms with E-state index in [1.54, 1.807) is 11.3 Å². The van der Waals surface area contributed by atoms with E-state index in [4.69, 9.17) is 0 Å². The van der Waals surface area contributed by atoms with Gasteiger partial charge in [0.2, 0.25) is 0 Å². The Labute approximate surface area is 177 Å². The van der Waals surface area contributed by atoms with Crippen LogP contribution in [0, 0.1) is 17.8 Å². The maximum Gasteiger partial charge on any atom is 0.323 e. The van der Waals surface area contributed by atoms with E-state index >= 15 is 0 Å². The van der Waals surface area contributed by atoms with Gasteiger partial charge in [0.15, 0.2) is 0 Å². The van der Waals surface area contributed by atoms with Crippen molar-refractivity contribution in [3.8, 4) is 11.8 Å². The number of fused-ring (bicyclic) bond motifs is 4. The van der Waals surface area contributed by atoms with E-state index in [1.165, 1.54) is 43.3 Å². The lowest BCUT2D eigenvalue weighted by Gasteiger charge is -2.53. The summed E-state index contributed by atoms with van der Waals surface area (Å²) in [4.78, 5) is 20.8. The molecule has 4 fully saturated rings. The topological polar surface area (TPSA) is 38.8 Å². The molecule has 29 heavy (non-hydrogen) atoms. The molecular weight excluding hydrogens is 380 g/mol. The van der Waals surface area contributed by atoms with Crippen molar-refractivity contribution < 1.29 is 4.79 Å². The van der Waals surface area contributed by atoms with Crippen molar-refractivity contribution in [2.45, 2.75) is 44.7 Å². The molecule has 1 atom stereocenters. The normalized spacial score (nSPS) is 30.7. The SMILES string of the molecule is C[C@@]1(NC(=O)N2C=c3cc(C#CCN4CCCC4)sc3=CC2)CC2CCN1CC2. The molecule has 0 radical (unpaired) electrons. The molecule has 0 aliphatic carbocycles. The first-order chi connectivity index (χ1) is 14.1. The van der Waals surface area contributed by atoms with E-state index in [-0.39, 0.29) is 11.7 Å². The molecule has 6 heteroatoms.